The molecular weight excluding hydrogens is 246 g/mol. The number of hydrogen-bond donors (Lipinski definition) is 1. The largest absolute Gasteiger partial charge is 0.481 e. The number of likely N-dealkylation sites (tertiary alicyclic amines) is 1. The molecule has 0 radical (unpaired) electrons. The van der Waals surface area contributed by atoms with E-state index in [4.69, 9.17) is 4.74 Å². The van der Waals surface area contributed by atoms with Crippen LogP contribution < -0.4 is 0 Å². The van der Waals surface area contributed by atoms with Crippen LogP contribution in [0.4, 0.5) is 0 Å². The predicted octanol–water partition coefficient (Wildman–Crippen LogP) is 1.76. The number of carboxylic acids is 1. The van der Waals surface area contributed by atoms with E-state index in [1.807, 2.05) is 6.92 Å². The Morgan fingerprint density at radius 3 is 2.68 bits per heavy atom. The van der Waals surface area contributed by atoms with Crippen LogP contribution >= 0.6 is 0 Å². The van der Waals surface area contributed by atoms with Crippen molar-refractivity contribution in [2.45, 2.75) is 39.5 Å². The van der Waals surface area contributed by atoms with Gasteiger partial charge in [0.15, 0.2) is 0 Å². The van der Waals surface area contributed by atoms with Crippen molar-refractivity contribution in [1.82, 2.24) is 4.90 Å². The highest BCUT2D eigenvalue weighted by atomic mass is 16.5. The van der Waals surface area contributed by atoms with Gasteiger partial charge in [0.2, 0.25) is 5.91 Å². The molecule has 0 saturated carbocycles. The molecule has 1 heterocycles. The number of carboxylic acid groups (broad SMARTS) is 1. The molecule has 19 heavy (non-hydrogen) atoms. The average molecular weight is 271 g/mol. The fourth-order valence-electron chi connectivity index (χ4n) is 2.55. The van der Waals surface area contributed by atoms with Gasteiger partial charge in [-0.1, -0.05) is 20.3 Å². The first-order valence-electron chi connectivity index (χ1n) is 6.95. The molecule has 5 heteroatoms. The smallest absolute Gasteiger partial charge is 0.313 e. The third-order valence-electron chi connectivity index (χ3n) is 4.02. The molecule has 1 aliphatic rings. The summed E-state index contributed by atoms with van der Waals surface area (Å²) in [5, 5.41) is 9.43. The van der Waals surface area contributed by atoms with Crippen molar-refractivity contribution < 1.29 is 19.4 Å². The van der Waals surface area contributed by atoms with Crippen LogP contribution in [-0.4, -0.2) is 48.7 Å². The highest BCUT2D eigenvalue weighted by molar-refractivity contribution is 5.80. The Kier molecular flexibility index (Phi) is 5.79. The quantitative estimate of drug-likeness (QED) is 0.799. The lowest BCUT2D eigenvalue weighted by atomic mass is 9.80. The third kappa shape index (κ3) is 3.93. The molecule has 0 aliphatic carbocycles. The average Bonchev–Trinajstić information content (AvgIpc) is 2.39. The van der Waals surface area contributed by atoms with E-state index < -0.39 is 11.4 Å². The number of ether oxygens (including phenoxy) is 1. The first-order valence-corrected chi connectivity index (χ1v) is 6.95. The summed E-state index contributed by atoms with van der Waals surface area (Å²) in [6.07, 6.45) is 2.76. The van der Waals surface area contributed by atoms with Crippen LogP contribution in [0.5, 0.6) is 0 Å². The minimum Gasteiger partial charge on any atom is -0.481 e. The molecule has 1 rings (SSSR count). The number of amides is 1. The zero-order valence-corrected chi connectivity index (χ0v) is 12.1. The van der Waals surface area contributed by atoms with E-state index in [-0.39, 0.29) is 19.1 Å². The molecule has 0 aromatic carbocycles. The summed E-state index contributed by atoms with van der Waals surface area (Å²) < 4.78 is 5.06. The molecule has 0 aromatic rings. The number of piperidine rings is 1. The molecule has 110 valence electrons. The maximum absolute atomic E-state index is 12.2. The number of carbonyl (C=O) groups is 2. The van der Waals surface area contributed by atoms with Gasteiger partial charge in [-0.2, -0.15) is 0 Å². The summed E-state index contributed by atoms with van der Waals surface area (Å²) in [5.74, 6) is -0.456. The second kappa shape index (κ2) is 6.89. The lowest BCUT2D eigenvalue weighted by Crippen LogP contribution is -2.52. The minimum absolute atomic E-state index is 0.0655. The van der Waals surface area contributed by atoms with Crippen LogP contribution in [0.2, 0.25) is 0 Å². The monoisotopic (exact) mass is 271 g/mol. The molecule has 2 unspecified atom stereocenters. The molecule has 1 aliphatic heterocycles. The zero-order valence-electron chi connectivity index (χ0n) is 12.1. The second-order valence-electron chi connectivity index (χ2n) is 5.65. The molecule has 1 amide bonds. The van der Waals surface area contributed by atoms with Gasteiger partial charge in [-0.15, -0.1) is 0 Å². The molecule has 0 bridgehead atoms. The first-order chi connectivity index (χ1) is 8.95. The normalized spacial score (nSPS) is 25.1. The van der Waals surface area contributed by atoms with Gasteiger partial charge >= 0.3 is 5.97 Å². The van der Waals surface area contributed by atoms with Crippen molar-refractivity contribution in [1.29, 1.82) is 0 Å². The Morgan fingerprint density at radius 1 is 1.47 bits per heavy atom. The van der Waals surface area contributed by atoms with Gasteiger partial charge in [0.05, 0.1) is 6.61 Å². The summed E-state index contributed by atoms with van der Waals surface area (Å²) in [6, 6.07) is 0. The van der Waals surface area contributed by atoms with E-state index in [1.54, 1.807) is 4.90 Å². The predicted molar refractivity (Wildman–Crippen MR) is 71.8 cm³/mol. The van der Waals surface area contributed by atoms with Gasteiger partial charge < -0.3 is 14.7 Å². The Labute approximate surface area is 114 Å². The molecule has 0 aromatic heterocycles. The van der Waals surface area contributed by atoms with Crippen molar-refractivity contribution in [3.8, 4) is 0 Å². The number of rotatable bonds is 6. The summed E-state index contributed by atoms with van der Waals surface area (Å²) in [5.41, 5.74) is -0.932. The number of carbonyl (C=O) groups excluding carboxylic acids is 1. The van der Waals surface area contributed by atoms with Crippen molar-refractivity contribution >= 4 is 11.9 Å². The molecule has 0 spiro atoms. The van der Waals surface area contributed by atoms with Gasteiger partial charge in [-0.3, -0.25) is 9.59 Å². The fourth-order valence-corrected chi connectivity index (χ4v) is 2.55. The summed E-state index contributed by atoms with van der Waals surface area (Å²) in [7, 11) is 1.50. The standard InChI is InChI=1S/C14H25NO4/c1-4-11(2)8-12(16)15-7-5-6-14(9-15,10-19-3)13(17)18/h11H,4-10H2,1-3H3,(H,17,18). The van der Waals surface area contributed by atoms with E-state index in [2.05, 4.69) is 6.92 Å². The Morgan fingerprint density at radius 2 is 2.16 bits per heavy atom. The van der Waals surface area contributed by atoms with Crippen LogP contribution in [0.25, 0.3) is 0 Å². The second-order valence-corrected chi connectivity index (χ2v) is 5.65. The highest BCUT2D eigenvalue weighted by Gasteiger charge is 2.43. The molecule has 1 N–H and O–H groups in total. The fraction of sp³-hybridized carbons (Fsp3) is 0.857. The van der Waals surface area contributed by atoms with Gasteiger partial charge in [-0.25, -0.2) is 0 Å². The maximum Gasteiger partial charge on any atom is 0.313 e. The van der Waals surface area contributed by atoms with Gasteiger partial charge in [0.25, 0.3) is 0 Å². The van der Waals surface area contributed by atoms with Crippen molar-refractivity contribution in [2.75, 3.05) is 26.8 Å². The third-order valence-corrected chi connectivity index (χ3v) is 4.02. The number of nitrogens with zero attached hydrogens (tertiary/aromatic N) is 1. The van der Waals surface area contributed by atoms with E-state index >= 15 is 0 Å². The van der Waals surface area contributed by atoms with Crippen LogP contribution in [0, 0.1) is 11.3 Å². The SMILES string of the molecule is CCC(C)CC(=O)N1CCCC(COC)(C(=O)O)C1. The van der Waals surface area contributed by atoms with E-state index in [0.29, 0.717) is 25.3 Å². The highest BCUT2D eigenvalue weighted by Crippen LogP contribution is 2.31. The van der Waals surface area contributed by atoms with Crippen LogP contribution in [0.15, 0.2) is 0 Å². The van der Waals surface area contributed by atoms with E-state index in [1.165, 1.54) is 7.11 Å². The lowest BCUT2D eigenvalue weighted by Gasteiger charge is -2.39. The van der Waals surface area contributed by atoms with E-state index in [0.717, 1.165) is 12.8 Å². The van der Waals surface area contributed by atoms with Gasteiger partial charge in [0, 0.05) is 26.6 Å². The topological polar surface area (TPSA) is 66.8 Å². The minimum atomic E-state index is -0.932. The molecular formula is C14H25NO4. The van der Waals surface area contributed by atoms with Crippen LogP contribution in [0.3, 0.4) is 0 Å². The summed E-state index contributed by atoms with van der Waals surface area (Å²) in [6.45, 7) is 5.19. The van der Waals surface area contributed by atoms with Crippen molar-refractivity contribution in [3.05, 3.63) is 0 Å². The Balaban J connectivity index is 2.71. The van der Waals surface area contributed by atoms with Crippen molar-refractivity contribution in [3.63, 3.8) is 0 Å². The lowest BCUT2D eigenvalue weighted by molar-refractivity contribution is -0.159. The zero-order chi connectivity index (χ0) is 14.5. The first kappa shape index (κ1) is 16.0. The number of aliphatic carboxylic acids is 1. The molecule has 2 atom stereocenters. The summed E-state index contributed by atoms with van der Waals surface area (Å²) in [4.78, 5) is 25.4. The maximum atomic E-state index is 12.2. The molecule has 5 nitrogen and oxygen atoms in total. The number of methoxy groups -OCH3 is 1. The molecule has 1 fully saturated rings. The summed E-state index contributed by atoms with van der Waals surface area (Å²) >= 11 is 0. The van der Waals surface area contributed by atoms with Gasteiger partial charge in [-0.05, 0) is 18.8 Å². The molecule has 1 saturated heterocycles. The van der Waals surface area contributed by atoms with Crippen LogP contribution in [0.1, 0.15) is 39.5 Å². The number of hydrogen-bond acceptors (Lipinski definition) is 3. The Bertz CT molecular complexity index is 327. The van der Waals surface area contributed by atoms with Gasteiger partial charge in [0.1, 0.15) is 5.41 Å². The Hall–Kier alpha value is -1.10. The van der Waals surface area contributed by atoms with Crippen molar-refractivity contribution in [2.24, 2.45) is 11.3 Å². The van der Waals surface area contributed by atoms with Crippen LogP contribution in [-0.2, 0) is 14.3 Å². The van der Waals surface area contributed by atoms with E-state index in [9.17, 15) is 14.7 Å².